The molecule has 1 fully saturated rings. The third kappa shape index (κ3) is 3.07. The van der Waals surface area contributed by atoms with Gasteiger partial charge in [0.25, 0.3) is 0 Å². The molecular formula is C14H18N4OS. The number of thiazole rings is 1. The lowest BCUT2D eigenvalue weighted by atomic mass is 10.1. The van der Waals surface area contributed by atoms with Crippen LogP contribution < -0.4 is 0 Å². The quantitative estimate of drug-likeness (QED) is 0.819. The molecule has 2 aromatic heterocycles. The largest absolute Gasteiger partial charge is 0.333 e. The molecule has 0 aromatic carbocycles. The first-order valence-electron chi connectivity index (χ1n) is 6.90. The molecule has 0 aliphatic heterocycles. The Morgan fingerprint density at radius 1 is 1.55 bits per heavy atom. The third-order valence-electron chi connectivity index (χ3n) is 3.50. The summed E-state index contributed by atoms with van der Waals surface area (Å²) in [6.07, 6.45) is 7.66. The van der Waals surface area contributed by atoms with Gasteiger partial charge in [-0.1, -0.05) is 6.92 Å². The second-order valence-corrected chi connectivity index (χ2v) is 6.23. The van der Waals surface area contributed by atoms with Crippen molar-refractivity contribution < 1.29 is 4.79 Å². The van der Waals surface area contributed by atoms with Gasteiger partial charge in [0, 0.05) is 30.0 Å². The number of nitrogens with zero attached hydrogens (tertiary/aromatic N) is 4. The van der Waals surface area contributed by atoms with E-state index in [0.717, 1.165) is 17.8 Å². The number of amides is 1. The van der Waals surface area contributed by atoms with E-state index in [1.165, 1.54) is 0 Å². The summed E-state index contributed by atoms with van der Waals surface area (Å²) < 4.78 is 1.82. The Morgan fingerprint density at radius 2 is 2.40 bits per heavy atom. The van der Waals surface area contributed by atoms with Crippen molar-refractivity contribution in [3.05, 3.63) is 35.0 Å². The summed E-state index contributed by atoms with van der Waals surface area (Å²) in [5.74, 6) is 0.147. The Morgan fingerprint density at radius 3 is 3.00 bits per heavy atom. The van der Waals surface area contributed by atoms with Crippen LogP contribution in [0, 0.1) is 5.92 Å². The average molecular weight is 290 g/mol. The minimum atomic E-state index is -0.0598. The highest BCUT2D eigenvalue weighted by Crippen LogP contribution is 2.30. The Balaban J connectivity index is 1.65. The van der Waals surface area contributed by atoms with Crippen molar-refractivity contribution >= 4 is 17.2 Å². The zero-order chi connectivity index (χ0) is 13.9. The summed E-state index contributed by atoms with van der Waals surface area (Å²) in [7, 11) is 0. The lowest BCUT2D eigenvalue weighted by Gasteiger charge is -2.25. The van der Waals surface area contributed by atoms with Crippen LogP contribution >= 0.6 is 11.3 Å². The summed E-state index contributed by atoms with van der Waals surface area (Å²) in [5.41, 5.74) is 0. The summed E-state index contributed by atoms with van der Waals surface area (Å²) in [6, 6.07) is 2.29. The van der Waals surface area contributed by atoms with Gasteiger partial charge in [0.05, 0.1) is 19.0 Å². The van der Waals surface area contributed by atoms with Crippen LogP contribution in [-0.4, -0.2) is 31.6 Å². The summed E-state index contributed by atoms with van der Waals surface area (Å²) >= 11 is 1.61. The molecule has 1 amide bonds. The molecule has 1 unspecified atom stereocenters. The van der Waals surface area contributed by atoms with E-state index in [1.807, 2.05) is 34.1 Å². The topological polar surface area (TPSA) is 51.0 Å². The van der Waals surface area contributed by atoms with Crippen molar-refractivity contribution in [2.75, 3.05) is 0 Å². The fourth-order valence-electron chi connectivity index (χ4n) is 2.30. The third-order valence-corrected chi connectivity index (χ3v) is 4.27. The Hall–Kier alpha value is -1.69. The lowest BCUT2D eigenvalue weighted by Crippen LogP contribution is -2.38. The summed E-state index contributed by atoms with van der Waals surface area (Å²) in [4.78, 5) is 18.9. The predicted molar refractivity (Wildman–Crippen MR) is 77.1 cm³/mol. The first kappa shape index (κ1) is 13.3. The van der Waals surface area contributed by atoms with Crippen LogP contribution in [0.15, 0.2) is 30.0 Å². The van der Waals surface area contributed by atoms with Crippen molar-refractivity contribution in [2.45, 2.75) is 38.9 Å². The highest BCUT2D eigenvalue weighted by molar-refractivity contribution is 7.09. The van der Waals surface area contributed by atoms with Crippen LogP contribution in [0.1, 0.15) is 24.8 Å². The Bertz CT molecular complexity index is 548. The molecule has 0 saturated heterocycles. The molecule has 20 heavy (non-hydrogen) atoms. The summed E-state index contributed by atoms with van der Waals surface area (Å²) in [5, 5.41) is 7.14. The molecule has 1 atom stereocenters. The fraction of sp³-hybridized carbons (Fsp3) is 0.500. The van der Waals surface area contributed by atoms with Gasteiger partial charge in [0.1, 0.15) is 5.01 Å². The summed E-state index contributed by atoms with van der Waals surface area (Å²) in [6.45, 7) is 3.25. The highest BCUT2D eigenvalue weighted by atomic mass is 32.1. The van der Waals surface area contributed by atoms with Gasteiger partial charge in [-0.3, -0.25) is 9.48 Å². The lowest BCUT2D eigenvalue weighted by molar-refractivity contribution is -0.136. The number of aromatic nitrogens is 3. The van der Waals surface area contributed by atoms with E-state index in [9.17, 15) is 4.79 Å². The van der Waals surface area contributed by atoms with Crippen molar-refractivity contribution in [1.29, 1.82) is 0 Å². The van der Waals surface area contributed by atoms with E-state index in [4.69, 9.17) is 0 Å². The molecular weight excluding hydrogens is 272 g/mol. The Labute approximate surface area is 122 Å². The zero-order valence-corrected chi connectivity index (χ0v) is 12.3. The average Bonchev–Trinajstić information content (AvgIpc) is 2.92. The van der Waals surface area contributed by atoms with E-state index in [0.29, 0.717) is 19.1 Å². The Kier molecular flexibility index (Phi) is 3.82. The standard InChI is InChI=1S/C14H18N4OS/c1-11(9-17-7-2-5-16-17)14(19)18(12-3-4-12)10-13-15-6-8-20-13/h2,5-8,11-12H,3-4,9-10H2,1H3. The highest BCUT2D eigenvalue weighted by Gasteiger charge is 2.35. The van der Waals surface area contributed by atoms with E-state index in [1.54, 1.807) is 23.7 Å². The van der Waals surface area contributed by atoms with Crippen LogP contribution in [0.2, 0.25) is 0 Å². The number of rotatable bonds is 6. The van der Waals surface area contributed by atoms with Crippen LogP contribution in [0.3, 0.4) is 0 Å². The fourth-order valence-corrected chi connectivity index (χ4v) is 2.91. The normalized spacial score (nSPS) is 16.1. The van der Waals surface area contributed by atoms with E-state index < -0.39 is 0 Å². The number of hydrogen-bond acceptors (Lipinski definition) is 4. The van der Waals surface area contributed by atoms with Gasteiger partial charge in [-0.15, -0.1) is 11.3 Å². The minimum Gasteiger partial charge on any atom is -0.333 e. The SMILES string of the molecule is CC(Cn1cccn1)C(=O)N(Cc1nccs1)C1CC1. The van der Waals surface area contributed by atoms with Gasteiger partial charge in [-0.2, -0.15) is 5.10 Å². The molecule has 1 saturated carbocycles. The minimum absolute atomic E-state index is 0.0598. The molecule has 0 bridgehead atoms. The molecule has 6 heteroatoms. The molecule has 5 nitrogen and oxygen atoms in total. The maximum Gasteiger partial charge on any atom is 0.227 e. The molecule has 3 rings (SSSR count). The van der Waals surface area contributed by atoms with Crippen molar-refractivity contribution in [2.24, 2.45) is 5.92 Å². The smallest absolute Gasteiger partial charge is 0.227 e. The second-order valence-electron chi connectivity index (χ2n) is 5.25. The van der Waals surface area contributed by atoms with Crippen LogP contribution in [-0.2, 0) is 17.9 Å². The van der Waals surface area contributed by atoms with Gasteiger partial charge in [-0.05, 0) is 18.9 Å². The van der Waals surface area contributed by atoms with Gasteiger partial charge in [0.15, 0.2) is 0 Å². The zero-order valence-electron chi connectivity index (χ0n) is 11.5. The predicted octanol–water partition coefficient (Wildman–Crippen LogP) is 2.17. The van der Waals surface area contributed by atoms with Gasteiger partial charge in [-0.25, -0.2) is 4.98 Å². The molecule has 1 aliphatic rings. The van der Waals surface area contributed by atoms with Crippen LogP contribution in [0.4, 0.5) is 0 Å². The number of hydrogen-bond donors (Lipinski definition) is 0. The van der Waals surface area contributed by atoms with Gasteiger partial charge < -0.3 is 4.90 Å². The molecule has 106 valence electrons. The first-order chi connectivity index (χ1) is 9.74. The monoisotopic (exact) mass is 290 g/mol. The maximum atomic E-state index is 12.6. The van der Waals surface area contributed by atoms with Crippen molar-refractivity contribution in [3.8, 4) is 0 Å². The van der Waals surface area contributed by atoms with E-state index in [2.05, 4.69) is 10.1 Å². The molecule has 1 aliphatic carbocycles. The van der Waals surface area contributed by atoms with Gasteiger partial charge >= 0.3 is 0 Å². The van der Waals surface area contributed by atoms with Crippen LogP contribution in [0.5, 0.6) is 0 Å². The first-order valence-corrected chi connectivity index (χ1v) is 7.78. The van der Waals surface area contributed by atoms with Gasteiger partial charge in [0.2, 0.25) is 5.91 Å². The van der Waals surface area contributed by atoms with Crippen molar-refractivity contribution in [3.63, 3.8) is 0 Å². The molecule has 2 heterocycles. The number of carbonyl (C=O) groups excluding carboxylic acids is 1. The maximum absolute atomic E-state index is 12.6. The molecule has 0 N–H and O–H groups in total. The molecule has 0 radical (unpaired) electrons. The van der Waals surface area contributed by atoms with Crippen LogP contribution in [0.25, 0.3) is 0 Å². The molecule has 2 aromatic rings. The van der Waals surface area contributed by atoms with Crippen molar-refractivity contribution in [1.82, 2.24) is 19.7 Å². The second kappa shape index (κ2) is 5.75. The molecule has 0 spiro atoms. The number of carbonyl (C=O) groups is 1. The van der Waals surface area contributed by atoms with E-state index in [-0.39, 0.29) is 11.8 Å². The van der Waals surface area contributed by atoms with E-state index >= 15 is 0 Å².